The number of carbonyl (C=O) groups excluding carboxylic acids is 1. The van der Waals surface area contributed by atoms with Gasteiger partial charge in [0.25, 0.3) is 0 Å². The molecule has 4 aromatic carbocycles. The van der Waals surface area contributed by atoms with Crippen molar-refractivity contribution in [1.29, 1.82) is 0 Å². The van der Waals surface area contributed by atoms with Crippen LogP contribution in [0.4, 0.5) is 29.2 Å². The van der Waals surface area contributed by atoms with Crippen LogP contribution >= 0.6 is 0 Å². The number of nitrogens with zero attached hydrogens (tertiary/aromatic N) is 6. The van der Waals surface area contributed by atoms with Crippen molar-refractivity contribution in [3.8, 4) is 22.5 Å². The lowest BCUT2D eigenvalue weighted by Gasteiger charge is -2.43. The van der Waals surface area contributed by atoms with Crippen molar-refractivity contribution in [3.05, 3.63) is 167 Å². The first-order valence-electron chi connectivity index (χ1n) is 22.0. The van der Waals surface area contributed by atoms with Crippen LogP contribution in [0.5, 0.6) is 0 Å². The standard InChI is InChI=1S/C51H54F4N8O/c52-41-15-7-35(8-16-41)31-47(62-27-23-60(24-28-62)21-19-37-11-13-39(33-43(37)54)45-3-1-5-49(56)58-45)51(64)48(32-36-9-17-42(53)18-10-36)63-29-25-61(26-30-63)22-20-38-12-14-40(34-44(38)55)46-4-2-6-50(57)59-46/h1-18,33-34,47-48H,19-32H2,(H2,56,58)(H2,57,59). The molecule has 4 heterocycles. The average Bonchev–Trinajstić information content (AvgIpc) is 3.30. The van der Waals surface area contributed by atoms with E-state index in [1.54, 1.807) is 60.7 Å². The number of nitrogens with two attached hydrogens (primary N) is 2. The van der Waals surface area contributed by atoms with Gasteiger partial charge in [0.1, 0.15) is 34.9 Å². The van der Waals surface area contributed by atoms with Crippen LogP contribution in [0.1, 0.15) is 22.3 Å². The normalized spacial score (nSPS) is 16.4. The highest BCUT2D eigenvalue weighted by molar-refractivity contribution is 5.89. The van der Waals surface area contributed by atoms with Crippen LogP contribution in [-0.2, 0) is 30.5 Å². The van der Waals surface area contributed by atoms with Gasteiger partial charge in [-0.25, -0.2) is 27.5 Å². The molecular weight excluding hydrogens is 817 g/mol. The van der Waals surface area contributed by atoms with E-state index >= 15 is 13.6 Å². The minimum atomic E-state index is -0.491. The Bertz CT molecular complexity index is 2330. The van der Waals surface area contributed by atoms with E-state index in [-0.39, 0.29) is 29.1 Å². The van der Waals surface area contributed by atoms with Crippen molar-refractivity contribution in [2.45, 2.75) is 37.8 Å². The predicted molar refractivity (Wildman–Crippen MR) is 244 cm³/mol. The van der Waals surface area contributed by atoms with Crippen LogP contribution in [0, 0.1) is 23.3 Å². The lowest BCUT2D eigenvalue weighted by atomic mass is 9.91. The SMILES string of the molecule is Nc1cccc(-c2ccc(CCN3CCN(C(Cc4ccc(F)cc4)C(=O)C(Cc4ccc(F)cc4)N4CCN(CCc5ccc(-c6cccc(N)n6)cc5F)CC4)CC3)c(F)c2)n1. The minimum absolute atomic E-state index is 0.0733. The van der Waals surface area contributed by atoms with E-state index in [1.807, 2.05) is 24.3 Å². The van der Waals surface area contributed by atoms with Crippen LogP contribution in [0.15, 0.2) is 121 Å². The van der Waals surface area contributed by atoms with E-state index in [0.717, 1.165) is 11.1 Å². The Hall–Kier alpha value is -5.99. The number of rotatable bonds is 16. The summed E-state index contributed by atoms with van der Waals surface area (Å²) in [6.45, 7) is 6.63. The third-order valence-corrected chi connectivity index (χ3v) is 12.7. The zero-order valence-electron chi connectivity index (χ0n) is 35.9. The van der Waals surface area contributed by atoms with E-state index in [2.05, 4.69) is 29.6 Å². The Morgan fingerprint density at radius 2 is 0.906 bits per heavy atom. The van der Waals surface area contributed by atoms with Crippen molar-refractivity contribution >= 4 is 17.4 Å². The largest absolute Gasteiger partial charge is 0.384 e. The molecule has 2 atom stereocenters. The van der Waals surface area contributed by atoms with E-state index in [1.165, 1.54) is 36.4 Å². The molecule has 2 aromatic heterocycles. The number of aromatic nitrogens is 2. The second-order valence-electron chi connectivity index (χ2n) is 16.9. The molecule has 2 aliphatic rings. The maximum absolute atomic E-state index is 15.3. The molecule has 332 valence electrons. The lowest BCUT2D eigenvalue weighted by Crippen LogP contribution is -2.60. The molecule has 0 bridgehead atoms. The third-order valence-electron chi connectivity index (χ3n) is 12.7. The lowest BCUT2D eigenvalue weighted by molar-refractivity contribution is -0.131. The van der Waals surface area contributed by atoms with Gasteiger partial charge in [-0.3, -0.25) is 14.6 Å². The summed E-state index contributed by atoms with van der Waals surface area (Å²) >= 11 is 0. The van der Waals surface area contributed by atoms with E-state index in [0.29, 0.717) is 136 Å². The Kier molecular flexibility index (Phi) is 14.4. The number of carbonyl (C=O) groups is 1. The highest BCUT2D eigenvalue weighted by atomic mass is 19.1. The summed E-state index contributed by atoms with van der Waals surface area (Å²) in [4.78, 5) is 32.9. The molecule has 4 N–H and O–H groups in total. The van der Waals surface area contributed by atoms with Gasteiger partial charge in [0.05, 0.1) is 23.5 Å². The highest BCUT2D eigenvalue weighted by Gasteiger charge is 2.37. The number of Topliss-reactive ketones (excluding diaryl/α,β-unsaturated/α-hetero) is 1. The molecule has 2 aliphatic heterocycles. The zero-order valence-corrected chi connectivity index (χ0v) is 35.9. The number of anilines is 2. The van der Waals surface area contributed by atoms with Crippen LogP contribution in [0.25, 0.3) is 22.5 Å². The molecule has 0 aliphatic carbocycles. The first-order valence-corrected chi connectivity index (χ1v) is 22.0. The van der Waals surface area contributed by atoms with Crippen LogP contribution in [0.2, 0.25) is 0 Å². The summed E-state index contributed by atoms with van der Waals surface area (Å²) in [5, 5.41) is 0. The summed E-state index contributed by atoms with van der Waals surface area (Å²) in [6, 6.07) is 32.7. The molecule has 2 unspecified atom stereocenters. The van der Waals surface area contributed by atoms with E-state index in [9.17, 15) is 8.78 Å². The molecule has 2 fully saturated rings. The van der Waals surface area contributed by atoms with Crippen LogP contribution in [0.3, 0.4) is 0 Å². The number of ketones is 1. The summed E-state index contributed by atoms with van der Waals surface area (Å²) in [5.41, 5.74) is 17.2. The molecule has 9 nitrogen and oxygen atoms in total. The maximum Gasteiger partial charge on any atom is 0.167 e. The van der Waals surface area contributed by atoms with Crippen molar-refractivity contribution in [3.63, 3.8) is 0 Å². The third kappa shape index (κ3) is 11.4. The molecule has 2 saturated heterocycles. The second-order valence-corrected chi connectivity index (χ2v) is 16.9. The minimum Gasteiger partial charge on any atom is -0.384 e. The Morgan fingerprint density at radius 1 is 0.516 bits per heavy atom. The zero-order chi connectivity index (χ0) is 44.6. The highest BCUT2D eigenvalue weighted by Crippen LogP contribution is 2.25. The summed E-state index contributed by atoms with van der Waals surface area (Å²) in [7, 11) is 0. The van der Waals surface area contributed by atoms with Crippen LogP contribution < -0.4 is 11.5 Å². The molecule has 0 spiro atoms. The molecule has 0 saturated carbocycles. The Balaban J connectivity index is 0.930. The maximum atomic E-state index is 15.3. The van der Waals surface area contributed by atoms with Crippen LogP contribution in [-0.4, -0.2) is 113 Å². The van der Waals surface area contributed by atoms with Crippen molar-refractivity contribution in [2.75, 3.05) is 76.9 Å². The summed E-state index contributed by atoms with van der Waals surface area (Å²) in [5.74, 6) is -0.420. The number of hydrogen-bond donors (Lipinski definition) is 2. The Labute approximate surface area is 372 Å². The van der Waals surface area contributed by atoms with Crippen molar-refractivity contribution < 1.29 is 22.4 Å². The monoisotopic (exact) mass is 870 g/mol. The first-order chi connectivity index (χ1) is 31.0. The average molecular weight is 871 g/mol. The fourth-order valence-electron chi connectivity index (χ4n) is 8.93. The first kappa shape index (κ1) is 44.6. The smallest absolute Gasteiger partial charge is 0.167 e. The number of pyridine rings is 2. The number of nitrogen functional groups attached to an aromatic ring is 2. The second kappa shape index (κ2) is 20.7. The summed E-state index contributed by atoms with van der Waals surface area (Å²) < 4.78 is 58.8. The topological polar surface area (TPSA) is 108 Å². The number of hydrogen-bond acceptors (Lipinski definition) is 9. The van der Waals surface area contributed by atoms with E-state index < -0.39 is 12.1 Å². The van der Waals surface area contributed by atoms with Gasteiger partial charge < -0.3 is 21.3 Å². The Morgan fingerprint density at radius 3 is 1.27 bits per heavy atom. The van der Waals surface area contributed by atoms with Gasteiger partial charge in [-0.2, -0.15) is 0 Å². The van der Waals surface area contributed by atoms with Gasteiger partial charge in [0.15, 0.2) is 5.78 Å². The van der Waals surface area contributed by atoms with Gasteiger partial charge in [-0.1, -0.05) is 60.7 Å². The summed E-state index contributed by atoms with van der Waals surface area (Å²) in [6.07, 6.45) is 1.89. The predicted octanol–water partition coefficient (Wildman–Crippen LogP) is 7.34. The number of benzene rings is 4. The molecular formula is C51H54F4N8O. The molecule has 8 rings (SSSR count). The number of halogens is 4. The fraction of sp³-hybridized carbons (Fsp3) is 0.314. The van der Waals surface area contributed by atoms with Gasteiger partial charge in [-0.15, -0.1) is 0 Å². The molecule has 6 aromatic rings. The fourth-order valence-corrected chi connectivity index (χ4v) is 8.93. The van der Waals surface area contributed by atoms with Crippen molar-refractivity contribution in [1.82, 2.24) is 29.6 Å². The van der Waals surface area contributed by atoms with Gasteiger partial charge in [-0.05, 0) is 109 Å². The van der Waals surface area contributed by atoms with Crippen molar-refractivity contribution in [2.24, 2.45) is 0 Å². The molecule has 0 amide bonds. The quantitative estimate of drug-likeness (QED) is 0.0967. The number of piperazine rings is 2. The molecule has 13 heteroatoms. The van der Waals surface area contributed by atoms with E-state index in [4.69, 9.17) is 11.5 Å². The molecule has 64 heavy (non-hydrogen) atoms. The van der Waals surface area contributed by atoms with Gasteiger partial charge in [0.2, 0.25) is 0 Å². The molecule has 0 radical (unpaired) electrons. The van der Waals surface area contributed by atoms with Gasteiger partial charge >= 0.3 is 0 Å². The van der Waals surface area contributed by atoms with Gasteiger partial charge in [0, 0.05) is 76.6 Å².